The lowest BCUT2D eigenvalue weighted by molar-refractivity contribution is -0.268. The third-order valence-corrected chi connectivity index (χ3v) is 15.7. The van der Waals surface area contributed by atoms with E-state index in [9.17, 15) is 4.79 Å². The van der Waals surface area contributed by atoms with Gasteiger partial charge in [0.1, 0.15) is 0 Å². The minimum Gasteiger partial charge on any atom is -0.465 e. The van der Waals surface area contributed by atoms with Crippen LogP contribution in [0.15, 0.2) is 11.6 Å². The summed E-state index contributed by atoms with van der Waals surface area (Å²) in [5, 5.41) is 3.63. The largest absolute Gasteiger partial charge is 0.465 e. The van der Waals surface area contributed by atoms with E-state index in [2.05, 4.69) is 66.8 Å². The number of hydrogen-bond donors (Lipinski definition) is 1. The molecular weight excluding hydrogens is 574 g/mol. The van der Waals surface area contributed by atoms with E-state index < -0.39 is 0 Å². The van der Waals surface area contributed by atoms with E-state index in [1.54, 1.807) is 5.57 Å². The van der Waals surface area contributed by atoms with Crippen LogP contribution in [0.2, 0.25) is 0 Å². The molecule has 6 nitrogen and oxygen atoms in total. The molecule has 2 heterocycles. The van der Waals surface area contributed by atoms with Crippen LogP contribution >= 0.6 is 0 Å². The lowest BCUT2D eigenvalue weighted by Gasteiger charge is -2.71. The van der Waals surface area contributed by atoms with Crippen LogP contribution in [0.25, 0.3) is 0 Å². The van der Waals surface area contributed by atoms with Gasteiger partial charge in [-0.3, -0.25) is 4.79 Å². The highest BCUT2D eigenvalue weighted by Crippen LogP contribution is 2.75. The van der Waals surface area contributed by atoms with Crippen molar-refractivity contribution in [2.45, 2.75) is 138 Å². The maximum atomic E-state index is 14.4. The zero-order chi connectivity index (χ0) is 33.1. The number of fused-ring (bicyclic) bond motifs is 3. The minimum absolute atomic E-state index is 0.0133. The van der Waals surface area contributed by atoms with Gasteiger partial charge in [-0.1, -0.05) is 73.5 Å². The number of unbranched alkanes of at least 4 members (excludes halogenated alkanes) is 1. The lowest BCUT2D eigenvalue weighted by atomic mass is 9.34. The number of esters is 1. The maximum Gasteiger partial charge on any atom is 0.310 e. The van der Waals surface area contributed by atoms with Crippen LogP contribution in [0.3, 0.4) is 0 Å². The Morgan fingerprint density at radius 3 is 2.52 bits per heavy atom. The fourth-order valence-corrected chi connectivity index (χ4v) is 12.6. The lowest BCUT2D eigenvalue weighted by Crippen LogP contribution is -2.70. The first kappa shape index (κ1) is 34.9. The number of methoxy groups -OCH3 is 1. The molecule has 0 aromatic heterocycles. The maximum absolute atomic E-state index is 14.4. The second kappa shape index (κ2) is 12.7. The summed E-state index contributed by atoms with van der Waals surface area (Å²) in [5.41, 5.74) is 1.26. The summed E-state index contributed by atoms with van der Waals surface area (Å²) in [6.45, 7) is 23.1. The standard InChI is InChI=1S/C40H67NO5/c1-10-11-21-45-35(42)33-36(5,27(4)26(2)3)18-19-38(7)29-14-15-32-37(6)24-44-25-40(32,30(29)16-17-39(33,38)8)22-31(43-9)34(37)46-23-28-13-12-20-41-28/h16,26-29,31-34,41H,10-15,17-25H2,1-9H3/t27-,28?,29+,31-,32+,33-,34+,36-,37+,38-,39+,40?/m1/s1. The molecule has 0 amide bonds. The summed E-state index contributed by atoms with van der Waals surface area (Å²) in [4.78, 5) is 14.4. The Morgan fingerprint density at radius 2 is 1.85 bits per heavy atom. The van der Waals surface area contributed by atoms with E-state index >= 15 is 0 Å². The van der Waals surface area contributed by atoms with Gasteiger partial charge >= 0.3 is 5.97 Å². The second-order valence-electron chi connectivity index (χ2n) is 18.1. The van der Waals surface area contributed by atoms with Crippen LogP contribution in [-0.2, 0) is 23.7 Å². The number of rotatable bonds is 10. The summed E-state index contributed by atoms with van der Waals surface area (Å²) in [6.07, 6.45) is 13.6. The molecule has 0 spiro atoms. The van der Waals surface area contributed by atoms with Crippen molar-refractivity contribution in [3.05, 3.63) is 11.6 Å². The Kier molecular flexibility index (Phi) is 9.66. The number of hydrogen-bond acceptors (Lipinski definition) is 6. The van der Waals surface area contributed by atoms with Crippen molar-refractivity contribution >= 4 is 5.97 Å². The molecule has 2 aliphatic heterocycles. The Labute approximate surface area is 280 Å². The van der Waals surface area contributed by atoms with E-state index in [0.29, 0.717) is 36.3 Å². The molecule has 46 heavy (non-hydrogen) atoms. The van der Waals surface area contributed by atoms with Crippen molar-refractivity contribution in [1.29, 1.82) is 0 Å². The molecule has 0 aromatic carbocycles. The van der Waals surface area contributed by atoms with Gasteiger partial charge in [-0.05, 0) is 104 Å². The Morgan fingerprint density at radius 1 is 1.07 bits per heavy atom. The van der Waals surface area contributed by atoms with E-state index in [1.807, 2.05) is 7.11 Å². The Bertz CT molecular complexity index is 1150. The quantitative estimate of drug-likeness (QED) is 0.148. The van der Waals surface area contributed by atoms with Crippen LogP contribution in [-0.4, -0.2) is 64.3 Å². The Hall–Kier alpha value is -0.950. The summed E-state index contributed by atoms with van der Waals surface area (Å²) >= 11 is 0. The fourth-order valence-electron chi connectivity index (χ4n) is 12.6. The predicted molar refractivity (Wildman–Crippen MR) is 183 cm³/mol. The van der Waals surface area contributed by atoms with Crippen molar-refractivity contribution in [3.63, 3.8) is 0 Å². The van der Waals surface area contributed by atoms with Crippen molar-refractivity contribution in [2.75, 3.05) is 40.1 Å². The molecule has 2 bridgehead atoms. The monoisotopic (exact) mass is 642 g/mol. The van der Waals surface area contributed by atoms with E-state index in [-0.39, 0.29) is 51.2 Å². The molecule has 6 aliphatic rings. The molecular formula is C40H67NO5. The van der Waals surface area contributed by atoms with Gasteiger partial charge in [0.2, 0.25) is 0 Å². The van der Waals surface area contributed by atoms with Gasteiger partial charge < -0.3 is 24.3 Å². The van der Waals surface area contributed by atoms with Crippen LogP contribution in [0, 0.1) is 56.7 Å². The van der Waals surface area contributed by atoms with Crippen molar-refractivity contribution < 1.29 is 23.7 Å². The highest BCUT2D eigenvalue weighted by Gasteiger charge is 2.72. The topological polar surface area (TPSA) is 66.0 Å². The van der Waals surface area contributed by atoms with Crippen LogP contribution in [0.5, 0.6) is 0 Å². The number of ether oxygens (including phenoxy) is 4. The zero-order valence-electron chi connectivity index (χ0n) is 30.8. The predicted octanol–water partition coefficient (Wildman–Crippen LogP) is 7.99. The van der Waals surface area contributed by atoms with Gasteiger partial charge in [0, 0.05) is 24.0 Å². The Balaban J connectivity index is 1.37. The molecule has 12 atom stereocenters. The molecule has 5 fully saturated rings. The molecule has 1 N–H and O–H groups in total. The van der Waals surface area contributed by atoms with Gasteiger partial charge in [-0.15, -0.1) is 0 Å². The minimum atomic E-state index is -0.168. The number of allylic oxidation sites excluding steroid dienone is 1. The molecule has 6 rings (SSSR count). The second-order valence-corrected chi connectivity index (χ2v) is 18.1. The van der Waals surface area contributed by atoms with Gasteiger partial charge in [0.05, 0.1) is 44.6 Å². The molecule has 6 heteroatoms. The van der Waals surface area contributed by atoms with Crippen LogP contribution in [0.4, 0.5) is 0 Å². The van der Waals surface area contributed by atoms with Crippen molar-refractivity contribution in [3.8, 4) is 0 Å². The highest BCUT2D eigenvalue weighted by molar-refractivity contribution is 5.75. The van der Waals surface area contributed by atoms with Gasteiger partial charge in [-0.2, -0.15) is 0 Å². The highest BCUT2D eigenvalue weighted by atomic mass is 16.5. The van der Waals surface area contributed by atoms with Gasteiger partial charge in [0.25, 0.3) is 0 Å². The normalized spacial score (nSPS) is 47.4. The van der Waals surface area contributed by atoms with Crippen LogP contribution < -0.4 is 5.32 Å². The number of carbonyl (C=O) groups excluding carboxylic acids is 1. The fraction of sp³-hybridized carbons (Fsp3) is 0.925. The molecule has 4 aliphatic carbocycles. The first-order valence-corrected chi connectivity index (χ1v) is 19.1. The van der Waals surface area contributed by atoms with E-state index in [1.165, 1.54) is 25.7 Å². The molecule has 0 aromatic rings. The smallest absolute Gasteiger partial charge is 0.310 e. The van der Waals surface area contributed by atoms with Gasteiger partial charge in [0.15, 0.2) is 0 Å². The third-order valence-electron chi connectivity index (χ3n) is 15.7. The number of carbonyl (C=O) groups is 1. The summed E-state index contributed by atoms with van der Waals surface area (Å²) < 4.78 is 26.1. The zero-order valence-corrected chi connectivity index (χ0v) is 30.8. The third kappa shape index (κ3) is 5.11. The van der Waals surface area contributed by atoms with Crippen molar-refractivity contribution in [1.82, 2.24) is 5.32 Å². The molecule has 262 valence electrons. The molecule has 3 saturated carbocycles. The average Bonchev–Trinajstić information content (AvgIpc) is 3.54. The van der Waals surface area contributed by atoms with Crippen LogP contribution in [0.1, 0.15) is 120 Å². The first-order valence-electron chi connectivity index (χ1n) is 19.1. The van der Waals surface area contributed by atoms with E-state index in [4.69, 9.17) is 18.9 Å². The molecule has 2 saturated heterocycles. The van der Waals surface area contributed by atoms with Crippen molar-refractivity contribution in [2.24, 2.45) is 56.7 Å². The SMILES string of the molecule is CCCCOC(=O)[C@@H]1[C@@](C)([C@H](C)C(C)C)CC[C@]2(C)[C@H]3CC[C@@H]4C5(COC[C@]4(C)[C@@H](OCC4CCCN4)[C@H](OC)C5)C3=CC[C@@]12C. The first-order chi connectivity index (χ1) is 21.8. The molecule has 2 unspecified atom stereocenters. The summed E-state index contributed by atoms with van der Waals surface area (Å²) in [7, 11) is 1.90. The summed E-state index contributed by atoms with van der Waals surface area (Å²) in [6, 6.07) is 0.448. The van der Waals surface area contributed by atoms with Gasteiger partial charge in [-0.25, -0.2) is 0 Å². The average molecular weight is 642 g/mol. The number of nitrogens with one attached hydrogen (secondary N) is 1. The molecule has 0 radical (unpaired) electrons. The van der Waals surface area contributed by atoms with E-state index in [0.717, 1.165) is 64.9 Å². The summed E-state index contributed by atoms with van der Waals surface area (Å²) in [5.74, 6) is 1.84.